The van der Waals surface area contributed by atoms with Gasteiger partial charge in [-0.15, -0.1) is 0 Å². The maximum absolute atomic E-state index is 11.5. The molecule has 2 rings (SSSR count). The summed E-state index contributed by atoms with van der Waals surface area (Å²) in [6, 6.07) is 7.80. The van der Waals surface area contributed by atoms with Crippen LogP contribution in [-0.4, -0.2) is 18.5 Å². The van der Waals surface area contributed by atoms with Gasteiger partial charge in [0.15, 0.2) is 0 Å². The second-order valence-electron chi connectivity index (χ2n) is 4.00. The highest BCUT2D eigenvalue weighted by atomic mass is 79.9. The zero-order valence-corrected chi connectivity index (χ0v) is 10.8. The van der Waals surface area contributed by atoms with Gasteiger partial charge in [-0.1, -0.05) is 15.9 Å². The number of nitrogens with zero attached hydrogens (tertiary/aromatic N) is 1. The fourth-order valence-corrected chi connectivity index (χ4v) is 1.81. The number of nitrogens with one attached hydrogen (secondary N) is 2. The minimum absolute atomic E-state index is 0.0284. The van der Waals surface area contributed by atoms with Crippen molar-refractivity contribution in [2.75, 3.05) is 11.9 Å². The van der Waals surface area contributed by atoms with Gasteiger partial charge in [0.1, 0.15) is 6.07 Å². The molecule has 4 nitrogen and oxygen atoms in total. The van der Waals surface area contributed by atoms with Crippen LogP contribution in [0, 0.1) is 11.3 Å². The van der Waals surface area contributed by atoms with Crippen LogP contribution in [0.25, 0.3) is 0 Å². The molecule has 0 spiro atoms. The molecule has 0 saturated heterocycles. The lowest BCUT2D eigenvalue weighted by molar-refractivity contribution is -0.119. The summed E-state index contributed by atoms with van der Waals surface area (Å²) in [5, 5.41) is 14.8. The van der Waals surface area contributed by atoms with Crippen molar-refractivity contribution in [3.63, 3.8) is 0 Å². The molecule has 0 unspecified atom stereocenters. The van der Waals surface area contributed by atoms with Gasteiger partial charge in [-0.3, -0.25) is 4.79 Å². The van der Waals surface area contributed by atoms with Crippen molar-refractivity contribution in [1.82, 2.24) is 5.32 Å². The van der Waals surface area contributed by atoms with E-state index in [-0.39, 0.29) is 12.5 Å². The summed E-state index contributed by atoms with van der Waals surface area (Å²) in [6.07, 6.45) is 2.15. The smallest absolute Gasteiger partial charge is 0.239 e. The van der Waals surface area contributed by atoms with Crippen molar-refractivity contribution in [3.05, 3.63) is 28.2 Å². The molecular formula is C12H12BrN3O. The molecule has 2 N–H and O–H groups in total. The maximum atomic E-state index is 11.5. The van der Waals surface area contributed by atoms with Crippen molar-refractivity contribution in [2.24, 2.45) is 0 Å². The molecule has 1 aromatic rings. The van der Waals surface area contributed by atoms with Crippen LogP contribution in [-0.2, 0) is 4.79 Å². The zero-order valence-electron chi connectivity index (χ0n) is 9.16. The van der Waals surface area contributed by atoms with Crippen LogP contribution < -0.4 is 10.6 Å². The summed E-state index contributed by atoms with van der Waals surface area (Å²) >= 11 is 3.30. The molecule has 0 aliphatic heterocycles. The Balaban J connectivity index is 1.93. The van der Waals surface area contributed by atoms with Gasteiger partial charge in [-0.05, 0) is 31.0 Å². The quantitative estimate of drug-likeness (QED) is 0.892. The van der Waals surface area contributed by atoms with E-state index in [4.69, 9.17) is 5.26 Å². The number of rotatable bonds is 4. The number of carbonyl (C=O) groups is 1. The predicted molar refractivity (Wildman–Crippen MR) is 68.5 cm³/mol. The number of halogens is 1. The minimum Gasteiger partial charge on any atom is -0.375 e. The number of hydrogen-bond acceptors (Lipinski definition) is 3. The average molecular weight is 294 g/mol. The van der Waals surface area contributed by atoms with Crippen molar-refractivity contribution in [3.8, 4) is 6.07 Å². The first-order valence-electron chi connectivity index (χ1n) is 5.42. The van der Waals surface area contributed by atoms with Crippen LogP contribution in [0.3, 0.4) is 0 Å². The van der Waals surface area contributed by atoms with Gasteiger partial charge in [-0.25, -0.2) is 0 Å². The second-order valence-corrected chi connectivity index (χ2v) is 4.91. The van der Waals surface area contributed by atoms with E-state index < -0.39 is 0 Å². The van der Waals surface area contributed by atoms with Crippen LogP contribution in [0.5, 0.6) is 0 Å². The van der Waals surface area contributed by atoms with E-state index in [1.54, 1.807) is 12.1 Å². The molecule has 0 radical (unpaired) electrons. The standard InChI is InChI=1S/C12H12BrN3O/c13-9-1-4-11(8(5-9)6-14)15-7-12(17)16-10-2-3-10/h1,4-5,10,15H,2-3,7H2,(H,16,17). The molecule has 1 amide bonds. The third kappa shape index (κ3) is 3.46. The Labute approximate surface area is 108 Å². The van der Waals surface area contributed by atoms with Gasteiger partial charge in [0.25, 0.3) is 0 Å². The largest absolute Gasteiger partial charge is 0.375 e. The Bertz CT molecular complexity index is 477. The molecule has 5 heteroatoms. The maximum Gasteiger partial charge on any atom is 0.239 e. The lowest BCUT2D eigenvalue weighted by Gasteiger charge is -2.08. The van der Waals surface area contributed by atoms with E-state index in [1.165, 1.54) is 0 Å². The summed E-state index contributed by atoms with van der Waals surface area (Å²) in [5.74, 6) is -0.0284. The van der Waals surface area contributed by atoms with Gasteiger partial charge in [0.2, 0.25) is 5.91 Å². The van der Waals surface area contributed by atoms with Crippen LogP contribution in [0.15, 0.2) is 22.7 Å². The zero-order chi connectivity index (χ0) is 12.3. The monoisotopic (exact) mass is 293 g/mol. The van der Waals surface area contributed by atoms with E-state index >= 15 is 0 Å². The van der Waals surface area contributed by atoms with Crippen molar-refractivity contribution >= 4 is 27.5 Å². The first kappa shape index (κ1) is 11.9. The molecule has 0 heterocycles. The molecule has 1 aromatic carbocycles. The molecule has 0 aromatic heterocycles. The van der Waals surface area contributed by atoms with Gasteiger partial charge in [-0.2, -0.15) is 5.26 Å². The molecule has 1 saturated carbocycles. The highest BCUT2D eigenvalue weighted by Gasteiger charge is 2.22. The van der Waals surface area contributed by atoms with E-state index in [1.807, 2.05) is 6.07 Å². The number of benzene rings is 1. The molecule has 0 bridgehead atoms. The van der Waals surface area contributed by atoms with Gasteiger partial charge < -0.3 is 10.6 Å². The molecule has 17 heavy (non-hydrogen) atoms. The lowest BCUT2D eigenvalue weighted by Crippen LogP contribution is -2.31. The highest BCUT2D eigenvalue weighted by Crippen LogP contribution is 2.20. The van der Waals surface area contributed by atoms with Crippen LogP contribution in [0.2, 0.25) is 0 Å². The predicted octanol–water partition coefficient (Wildman–Crippen LogP) is 2.01. The topological polar surface area (TPSA) is 64.9 Å². The summed E-state index contributed by atoms with van der Waals surface area (Å²) in [5.41, 5.74) is 1.21. The third-order valence-corrected chi connectivity index (χ3v) is 2.98. The van der Waals surface area contributed by atoms with E-state index in [9.17, 15) is 4.79 Å². The molecule has 1 aliphatic carbocycles. The molecule has 0 atom stereocenters. The van der Waals surface area contributed by atoms with Crippen molar-refractivity contribution < 1.29 is 4.79 Å². The first-order chi connectivity index (χ1) is 8.19. The molecule has 1 fully saturated rings. The Morgan fingerprint density at radius 1 is 1.53 bits per heavy atom. The Morgan fingerprint density at radius 2 is 2.29 bits per heavy atom. The summed E-state index contributed by atoms with van der Waals surface area (Å²) in [6.45, 7) is 0.201. The Hall–Kier alpha value is -1.54. The highest BCUT2D eigenvalue weighted by molar-refractivity contribution is 9.10. The second kappa shape index (κ2) is 5.19. The van der Waals surface area contributed by atoms with Crippen LogP contribution in [0.1, 0.15) is 18.4 Å². The molecular weight excluding hydrogens is 282 g/mol. The summed E-state index contributed by atoms with van der Waals surface area (Å²) in [4.78, 5) is 11.5. The fourth-order valence-electron chi connectivity index (χ4n) is 1.45. The number of amides is 1. The van der Waals surface area contributed by atoms with Crippen molar-refractivity contribution in [1.29, 1.82) is 5.26 Å². The first-order valence-corrected chi connectivity index (χ1v) is 6.21. The minimum atomic E-state index is -0.0284. The van der Waals surface area contributed by atoms with E-state index in [2.05, 4.69) is 32.6 Å². The van der Waals surface area contributed by atoms with Gasteiger partial charge in [0, 0.05) is 10.5 Å². The van der Waals surface area contributed by atoms with E-state index in [0.29, 0.717) is 17.3 Å². The Kier molecular flexibility index (Phi) is 3.64. The summed E-state index contributed by atoms with van der Waals surface area (Å²) in [7, 11) is 0. The number of nitriles is 1. The number of hydrogen-bond donors (Lipinski definition) is 2. The van der Waals surface area contributed by atoms with Gasteiger partial charge >= 0.3 is 0 Å². The summed E-state index contributed by atoms with van der Waals surface area (Å²) < 4.78 is 0.849. The Morgan fingerprint density at radius 3 is 2.94 bits per heavy atom. The van der Waals surface area contributed by atoms with Gasteiger partial charge in [0.05, 0.1) is 17.8 Å². The van der Waals surface area contributed by atoms with Crippen LogP contribution in [0.4, 0.5) is 5.69 Å². The van der Waals surface area contributed by atoms with Crippen molar-refractivity contribution in [2.45, 2.75) is 18.9 Å². The average Bonchev–Trinajstić information content (AvgIpc) is 3.11. The normalized spacial score (nSPS) is 13.9. The fraction of sp³-hybridized carbons (Fsp3) is 0.333. The third-order valence-electron chi connectivity index (χ3n) is 2.48. The molecule has 88 valence electrons. The van der Waals surface area contributed by atoms with E-state index in [0.717, 1.165) is 17.3 Å². The number of carbonyl (C=O) groups excluding carboxylic acids is 1. The lowest BCUT2D eigenvalue weighted by atomic mass is 10.2. The van der Waals surface area contributed by atoms with Crippen LogP contribution >= 0.6 is 15.9 Å². The molecule has 1 aliphatic rings. The number of anilines is 1. The SMILES string of the molecule is N#Cc1cc(Br)ccc1NCC(=O)NC1CC1.